The van der Waals surface area contributed by atoms with Gasteiger partial charge in [-0.25, -0.2) is 9.97 Å². The molecule has 0 radical (unpaired) electrons. The Kier molecular flexibility index (Phi) is 3.89. The lowest BCUT2D eigenvalue weighted by atomic mass is 10.2. The first kappa shape index (κ1) is 14.7. The Balaban J connectivity index is 1.53. The number of aromatic nitrogens is 3. The number of aromatic amines is 1. The smallest absolute Gasteiger partial charge is 0.213 e. The van der Waals surface area contributed by atoms with E-state index in [9.17, 15) is 0 Å². The van der Waals surface area contributed by atoms with E-state index in [1.807, 2.05) is 48.5 Å². The van der Waals surface area contributed by atoms with E-state index >= 15 is 0 Å². The second-order valence-electron chi connectivity index (χ2n) is 5.40. The predicted octanol–water partition coefficient (Wildman–Crippen LogP) is 4.86. The number of fused-ring (bicyclic) bond motifs is 1. The number of benzene rings is 1. The summed E-state index contributed by atoms with van der Waals surface area (Å²) in [6, 6.07) is 17.6. The molecule has 0 saturated heterocycles. The number of hydrogen-bond acceptors (Lipinski definition) is 3. The van der Waals surface area contributed by atoms with Crippen molar-refractivity contribution in [1.29, 1.82) is 0 Å². The van der Waals surface area contributed by atoms with Gasteiger partial charge in [0.2, 0.25) is 5.88 Å². The fraction of sp³-hybridized carbons (Fsp3) is 0.0526. The summed E-state index contributed by atoms with van der Waals surface area (Å²) in [4.78, 5) is 11.9. The van der Waals surface area contributed by atoms with Gasteiger partial charge in [-0.05, 0) is 23.8 Å². The molecular weight excluding hydrogens is 322 g/mol. The van der Waals surface area contributed by atoms with Crippen LogP contribution < -0.4 is 4.74 Å². The number of halogens is 1. The van der Waals surface area contributed by atoms with Gasteiger partial charge in [0, 0.05) is 35.1 Å². The van der Waals surface area contributed by atoms with Gasteiger partial charge in [-0.2, -0.15) is 0 Å². The molecule has 3 aromatic heterocycles. The molecule has 0 aliphatic heterocycles. The highest BCUT2D eigenvalue weighted by Gasteiger charge is 2.07. The minimum Gasteiger partial charge on any atom is -0.473 e. The zero-order valence-corrected chi connectivity index (χ0v) is 13.5. The summed E-state index contributed by atoms with van der Waals surface area (Å²) >= 11 is 6.19. The number of nitrogens with one attached hydrogen (secondary N) is 1. The molecule has 118 valence electrons. The summed E-state index contributed by atoms with van der Waals surface area (Å²) < 4.78 is 5.71. The van der Waals surface area contributed by atoms with E-state index in [-0.39, 0.29) is 0 Å². The van der Waals surface area contributed by atoms with Crippen LogP contribution in [0.5, 0.6) is 5.88 Å². The molecule has 0 fully saturated rings. The molecule has 4 rings (SSSR count). The van der Waals surface area contributed by atoms with Crippen molar-refractivity contribution in [3.05, 3.63) is 77.6 Å². The van der Waals surface area contributed by atoms with Gasteiger partial charge in [0.1, 0.15) is 12.3 Å². The molecule has 24 heavy (non-hydrogen) atoms. The first-order valence-corrected chi connectivity index (χ1v) is 7.94. The summed E-state index contributed by atoms with van der Waals surface area (Å²) in [7, 11) is 0. The quantitative estimate of drug-likeness (QED) is 0.579. The molecule has 1 aromatic carbocycles. The molecule has 0 spiro atoms. The van der Waals surface area contributed by atoms with Crippen molar-refractivity contribution >= 4 is 22.6 Å². The molecule has 0 saturated carbocycles. The monoisotopic (exact) mass is 335 g/mol. The van der Waals surface area contributed by atoms with Crippen molar-refractivity contribution < 1.29 is 4.74 Å². The van der Waals surface area contributed by atoms with Crippen molar-refractivity contribution in [2.75, 3.05) is 0 Å². The Bertz CT molecular complexity index is 965. The van der Waals surface area contributed by atoms with Gasteiger partial charge in [-0.15, -0.1) is 0 Å². The summed E-state index contributed by atoms with van der Waals surface area (Å²) in [5, 5.41) is 1.58. The Labute approximate surface area is 144 Å². The first-order chi connectivity index (χ1) is 11.8. The Morgan fingerprint density at radius 2 is 1.88 bits per heavy atom. The van der Waals surface area contributed by atoms with Crippen LogP contribution in [0.15, 0.2) is 67.0 Å². The lowest BCUT2D eigenvalue weighted by molar-refractivity contribution is 0.294. The van der Waals surface area contributed by atoms with E-state index in [0.717, 1.165) is 27.9 Å². The van der Waals surface area contributed by atoms with E-state index in [1.54, 1.807) is 18.5 Å². The fourth-order valence-electron chi connectivity index (χ4n) is 2.51. The Morgan fingerprint density at radius 3 is 2.62 bits per heavy atom. The van der Waals surface area contributed by atoms with Crippen molar-refractivity contribution in [3.8, 4) is 17.1 Å². The average Bonchev–Trinajstić information content (AvgIpc) is 3.07. The molecule has 4 nitrogen and oxygen atoms in total. The SMILES string of the molecule is Clc1ccnc2[nH]c(-c3ccc(OCc4ccccc4)nc3)cc12. The van der Waals surface area contributed by atoms with Gasteiger partial charge in [-0.1, -0.05) is 41.9 Å². The van der Waals surface area contributed by atoms with Gasteiger partial charge < -0.3 is 9.72 Å². The van der Waals surface area contributed by atoms with E-state index in [4.69, 9.17) is 16.3 Å². The van der Waals surface area contributed by atoms with Crippen LogP contribution in [0.25, 0.3) is 22.3 Å². The highest BCUT2D eigenvalue weighted by atomic mass is 35.5. The maximum absolute atomic E-state index is 6.19. The third-order valence-corrected chi connectivity index (χ3v) is 4.09. The number of hydrogen-bond donors (Lipinski definition) is 1. The molecule has 4 aromatic rings. The maximum Gasteiger partial charge on any atom is 0.213 e. The van der Waals surface area contributed by atoms with Crippen LogP contribution in [0.3, 0.4) is 0 Å². The van der Waals surface area contributed by atoms with Crippen LogP contribution in [0.1, 0.15) is 5.56 Å². The third-order valence-electron chi connectivity index (χ3n) is 3.76. The minimum absolute atomic E-state index is 0.499. The Morgan fingerprint density at radius 1 is 1.00 bits per heavy atom. The van der Waals surface area contributed by atoms with Gasteiger partial charge in [0.25, 0.3) is 0 Å². The van der Waals surface area contributed by atoms with Crippen LogP contribution >= 0.6 is 11.6 Å². The summed E-state index contributed by atoms with van der Waals surface area (Å²) in [6.45, 7) is 0.499. The average molecular weight is 336 g/mol. The number of H-pyrrole nitrogens is 1. The van der Waals surface area contributed by atoms with Gasteiger partial charge in [0.05, 0.1) is 5.02 Å². The molecule has 0 atom stereocenters. The van der Waals surface area contributed by atoms with Gasteiger partial charge in [0.15, 0.2) is 0 Å². The number of pyridine rings is 2. The zero-order valence-electron chi connectivity index (χ0n) is 12.7. The van der Waals surface area contributed by atoms with E-state index in [2.05, 4.69) is 15.0 Å². The number of ether oxygens (including phenoxy) is 1. The lowest BCUT2D eigenvalue weighted by Crippen LogP contribution is -1.96. The van der Waals surface area contributed by atoms with Gasteiger partial charge in [-0.3, -0.25) is 0 Å². The maximum atomic E-state index is 6.19. The summed E-state index contributed by atoms with van der Waals surface area (Å²) in [5.74, 6) is 0.592. The van der Waals surface area contributed by atoms with Crippen LogP contribution in [0, 0.1) is 0 Å². The van der Waals surface area contributed by atoms with Crippen LogP contribution in [0.4, 0.5) is 0 Å². The molecule has 1 N–H and O–H groups in total. The van der Waals surface area contributed by atoms with Crippen LogP contribution in [0.2, 0.25) is 5.02 Å². The molecule has 0 aliphatic carbocycles. The highest BCUT2D eigenvalue weighted by molar-refractivity contribution is 6.35. The topological polar surface area (TPSA) is 50.8 Å². The molecule has 5 heteroatoms. The molecule has 0 amide bonds. The summed E-state index contributed by atoms with van der Waals surface area (Å²) in [5.41, 5.74) is 3.76. The normalized spacial score (nSPS) is 10.9. The van der Waals surface area contributed by atoms with E-state index < -0.39 is 0 Å². The van der Waals surface area contributed by atoms with Crippen LogP contribution in [-0.4, -0.2) is 15.0 Å². The highest BCUT2D eigenvalue weighted by Crippen LogP contribution is 2.28. The number of nitrogens with zero attached hydrogens (tertiary/aromatic N) is 2. The zero-order chi connectivity index (χ0) is 16.4. The second-order valence-corrected chi connectivity index (χ2v) is 5.80. The fourth-order valence-corrected chi connectivity index (χ4v) is 2.71. The van der Waals surface area contributed by atoms with Crippen molar-refractivity contribution in [1.82, 2.24) is 15.0 Å². The second kappa shape index (κ2) is 6.34. The first-order valence-electron chi connectivity index (χ1n) is 7.56. The van der Waals surface area contributed by atoms with Gasteiger partial charge >= 0.3 is 0 Å². The molecule has 0 aliphatic rings. The molecule has 3 heterocycles. The molecular formula is C19H14ClN3O. The standard InChI is InChI=1S/C19H14ClN3O/c20-16-8-9-21-19-15(16)10-17(23-19)14-6-7-18(22-11-14)24-12-13-4-2-1-3-5-13/h1-11H,12H2,(H,21,23). The van der Waals surface area contributed by atoms with Crippen LogP contribution in [-0.2, 0) is 6.61 Å². The van der Waals surface area contributed by atoms with Crippen molar-refractivity contribution in [2.45, 2.75) is 6.61 Å². The lowest BCUT2D eigenvalue weighted by Gasteiger charge is -2.05. The predicted molar refractivity (Wildman–Crippen MR) is 95.1 cm³/mol. The minimum atomic E-state index is 0.499. The van der Waals surface area contributed by atoms with Crippen molar-refractivity contribution in [3.63, 3.8) is 0 Å². The largest absolute Gasteiger partial charge is 0.473 e. The summed E-state index contributed by atoms with van der Waals surface area (Å²) in [6.07, 6.45) is 3.46. The van der Waals surface area contributed by atoms with E-state index in [1.165, 1.54) is 0 Å². The molecule has 0 unspecified atom stereocenters. The number of rotatable bonds is 4. The third kappa shape index (κ3) is 2.96. The van der Waals surface area contributed by atoms with Crippen molar-refractivity contribution in [2.24, 2.45) is 0 Å². The Hall–Kier alpha value is -2.85. The molecule has 0 bridgehead atoms. The van der Waals surface area contributed by atoms with E-state index in [0.29, 0.717) is 17.5 Å².